The van der Waals surface area contributed by atoms with Gasteiger partial charge in [0.15, 0.2) is 6.04 Å². The predicted octanol–water partition coefficient (Wildman–Crippen LogP) is -3.53. The number of rotatable bonds is 14. The minimum Gasteiger partial charge on any atom is -0.481 e. The van der Waals surface area contributed by atoms with E-state index in [9.17, 15) is 29.1 Å². The van der Waals surface area contributed by atoms with Crippen LogP contribution in [-0.2, 0) is 24.0 Å². The van der Waals surface area contributed by atoms with Crippen LogP contribution in [0.25, 0.3) is 0 Å². The number of nitrogens with one attached hydrogen (secondary N) is 3. The summed E-state index contributed by atoms with van der Waals surface area (Å²) in [6, 6.07) is -4.33. The minimum absolute atomic E-state index is 0.0749. The molecule has 29 heavy (non-hydrogen) atoms. The van der Waals surface area contributed by atoms with Gasteiger partial charge in [0.25, 0.3) is 0 Å². The number of aliphatic hydroxyl groups excluding tert-OH is 1. The summed E-state index contributed by atoms with van der Waals surface area (Å²) < 4.78 is 0. The molecule has 0 rings (SSSR count). The van der Waals surface area contributed by atoms with Gasteiger partial charge in [0.2, 0.25) is 17.7 Å². The van der Waals surface area contributed by atoms with E-state index in [4.69, 9.17) is 21.7 Å². The average molecular weight is 419 g/mol. The Labute approximate surface area is 167 Å². The summed E-state index contributed by atoms with van der Waals surface area (Å²) in [5.41, 5.74) is 10.5. The van der Waals surface area contributed by atoms with Crippen molar-refractivity contribution in [2.45, 2.75) is 56.8 Å². The Morgan fingerprint density at radius 3 is 1.93 bits per heavy atom. The fraction of sp³-hybridized carbons (Fsp3) is 0.688. The third kappa shape index (κ3) is 10.4. The van der Waals surface area contributed by atoms with Crippen LogP contribution in [0.1, 0.15) is 32.6 Å². The van der Waals surface area contributed by atoms with E-state index in [1.165, 1.54) is 6.92 Å². The van der Waals surface area contributed by atoms with Crippen molar-refractivity contribution in [3.63, 3.8) is 0 Å². The second kappa shape index (κ2) is 13.4. The van der Waals surface area contributed by atoms with Crippen LogP contribution in [0.2, 0.25) is 0 Å². The predicted molar refractivity (Wildman–Crippen MR) is 99.3 cm³/mol. The van der Waals surface area contributed by atoms with Crippen molar-refractivity contribution >= 4 is 29.7 Å². The van der Waals surface area contributed by atoms with E-state index >= 15 is 0 Å². The Balaban J connectivity index is 5.36. The van der Waals surface area contributed by atoms with E-state index in [1.807, 2.05) is 0 Å². The molecule has 0 saturated carbocycles. The van der Waals surface area contributed by atoms with Crippen LogP contribution in [0.15, 0.2) is 0 Å². The number of hydrogen-bond donors (Lipinski definition) is 8. The van der Waals surface area contributed by atoms with Crippen LogP contribution >= 0.6 is 0 Å². The highest BCUT2D eigenvalue weighted by Gasteiger charge is 2.31. The molecule has 4 unspecified atom stereocenters. The maximum atomic E-state index is 12.5. The zero-order chi connectivity index (χ0) is 22.6. The maximum absolute atomic E-state index is 12.5. The molecule has 0 aliphatic rings. The summed E-state index contributed by atoms with van der Waals surface area (Å²) in [4.78, 5) is 58.5. The number of hydrogen-bond acceptors (Lipinski definition) is 8. The molecule has 0 aromatic heterocycles. The van der Waals surface area contributed by atoms with Gasteiger partial charge >= 0.3 is 11.9 Å². The summed E-state index contributed by atoms with van der Waals surface area (Å²) >= 11 is 0. The quantitative estimate of drug-likeness (QED) is 0.129. The maximum Gasteiger partial charge on any atom is 0.328 e. The van der Waals surface area contributed by atoms with Crippen molar-refractivity contribution in [2.75, 3.05) is 13.1 Å². The molecule has 13 nitrogen and oxygen atoms in total. The third-order valence-corrected chi connectivity index (χ3v) is 3.84. The highest BCUT2D eigenvalue weighted by atomic mass is 16.4. The van der Waals surface area contributed by atoms with Gasteiger partial charge in [-0.05, 0) is 32.7 Å². The lowest BCUT2D eigenvalue weighted by atomic mass is 10.1. The van der Waals surface area contributed by atoms with E-state index in [2.05, 4.69) is 16.0 Å². The number of nitrogens with two attached hydrogens (primary N) is 2. The molecule has 13 heteroatoms. The Hall–Kier alpha value is -2.77. The molecular weight excluding hydrogens is 390 g/mol. The van der Waals surface area contributed by atoms with Crippen LogP contribution in [0.5, 0.6) is 0 Å². The number of unbranched alkanes of at least 4 members (excludes halogenated alkanes) is 1. The topological polar surface area (TPSA) is 234 Å². The molecule has 0 aliphatic carbocycles. The summed E-state index contributed by atoms with van der Waals surface area (Å²) in [7, 11) is 0. The van der Waals surface area contributed by atoms with Gasteiger partial charge in [-0.15, -0.1) is 0 Å². The van der Waals surface area contributed by atoms with Gasteiger partial charge in [0.1, 0.15) is 12.1 Å². The molecule has 0 aromatic rings. The first-order valence-corrected chi connectivity index (χ1v) is 8.96. The Kier molecular flexibility index (Phi) is 12.1. The smallest absolute Gasteiger partial charge is 0.328 e. The molecule has 0 saturated heterocycles. The molecule has 4 atom stereocenters. The zero-order valence-electron chi connectivity index (χ0n) is 16.1. The van der Waals surface area contributed by atoms with Gasteiger partial charge in [-0.25, -0.2) is 4.79 Å². The summed E-state index contributed by atoms with van der Waals surface area (Å²) in [5.74, 6) is -5.45. The first kappa shape index (κ1) is 26.2. The summed E-state index contributed by atoms with van der Waals surface area (Å²) in [6.45, 7) is 1.02. The summed E-state index contributed by atoms with van der Waals surface area (Å²) in [5, 5.41) is 34.1. The van der Waals surface area contributed by atoms with Crippen LogP contribution in [0, 0.1) is 0 Å². The SMILES string of the molecule is CC(O)C(NC(=O)C(CCCCN)NC(=O)C(CC(=O)O)NC(=O)CN)C(=O)O. The molecule has 3 amide bonds. The lowest BCUT2D eigenvalue weighted by Crippen LogP contribution is -2.57. The highest BCUT2D eigenvalue weighted by Crippen LogP contribution is 2.05. The van der Waals surface area contributed by atoms with Crippen molar-refractivity contribution in [3.05, 3.63) is 0 Å². The number of carboxylic acids is 2. The van der Waals surface area contributed by atoms with Gasteiger partial charge in [0, 0.05) is 0 Å². The second-order valence-electron chi connectivity index (χ2n) is 6.33. The molecule has 166 valence electrons. The second-order valence-corrected chi connectivity index (χ2v) is 6.33. The van der Waals surface area contributed by atoms with E-state index in [0.29, 0.717) is 19.4 Å². The monoisotopic (exact) mass is 419 g/mol. The van der Waals surface area contributed by atoms with Crippen molar-refractivity contribution < 1.29 is 39.3 Å². The molecule has 0 aromatic carbocycles. The first-order valence-electron chi connectivity index (χ1n) is 8.96. The third-order valence-electron chi connectivity index (χ3n) is 3.84. The molecule has 0 bridgehead atoms. The number of aliphatic hydroxyl groups is 1. The zero-order valence-corrected chi connectivity index (χ0v) is 16.1. The van der Waals surface area contributed by atoms with E-state index < -0.39 is 66.9 Å². The van der Waals surface area contributed by atoms with Crippen LogP contribution in [0.3, 0.4) is 0 Å². The summed E-state index contributed by atoms with van der Waals surface area (Å²) in [6.07, 6.45) is -1.16. The van der Waals surface area contributed by atoms with Gasteiger partial charge in [-0.2, -0.15) is 0 Å². The molecule has 0 aliphatic heterocycles. The number of carbonyl (C=O) groups is 5. The van der Waals surface area contributed by atoms with E-state index in [1.54, 1.807) is 0 Å². The molecule has 0 radical (unpaired) electrons. The normalized spacial score (nSPS) is 14.8. The van der Waals surface area contributed by atoms with Gasteiger partial charge in [0.05, 0.1) is 19.1 Å². The van der Waals surface area contributed by atoms with Gasteiger partial charge < -0.3 is 42.7 Å². The molecule has 0 heterocycles. The Morgan fingerprint density at radius 2 is 1.48 bits per heavy atom. The van der Waals surface area contributed by atoms with Crippen molar-refractivity contribution in [2.24, 2.45) is 11.5 Å². The van der Waals surface area contributed by atoms with Crippen molar-refractivity contribution in [1.29, 1.82) is 0 Å². The number of carbonyl (C=O) groups excluding carboxylic acids is 3. The number of aliphatic carboxylic acids is 2. The van der Waals surface area contributed by atoms with E-state index in [0.717, 1.165) is 0 Å². The molecule has 10 N–H and O–H groups in total. The lowest BCUT2D eigenvalue weighted by Gasteiger charge is -2.24. The Bertz CT molecular complexity index is 598. The van der Waals surface area contributed by atoms with Crippen LogP contribution < -0.4 is 27.4 Å². The fourth-order valence-corrected chi connectivity index (χ4v) is 2.31. The lowest BCUT2D eigenvalue weighted by molar-refractivity contribution is -0.145. The first-order chi connectivity index (χ1) is 13.5. The number of amides is 3. The van der Waals surface area contributed by atoms with Gasteiger partial charge in [-0.1, -0.05) is 0 Å². The molecule has 0 fully saturated rings. The molecular formula is C16H29N5O8. The highest BCUT2D eigenvalue weighted by molar-refractivity contribution is 5.95. The minimum atomic E-state index is -1.61. The Morgan fingerprint density at radius 1 is 0.897 bits per heavy atom. The van der Waals surface area contributed by atoms with Gasteiger partial charge in [-0.3, -0.25) is 19.2 Å². The standard InChI is InChI=1S/C16H29N5O8/c1-8(22)13(16(28)29)21-14(26)9(4-2-3-5-17)20-15(27)10(6-12(24)25)19-11(23)7-18/h8-10,13,22H,2-7,17-18H2,1H3,(H,19,23)(H,20,27)(H,21,26)(H,24,25)(H,28,29). The average Bonchev–Trinajstić information content (AvgIpc) is 2.63. The van der Waals surface area contributed by atoms with E-state index in [-0.39, 0.29) is 6.42 Å². The van der Waals surface area contributed by atoms with Crippen LogP contribution in [0.4, 0.5) is 0 Å². The van der Waals surface area contributed by atoms with Crippen molar-refractivity contribution in [3.8, 4) is 0 Å². The molecule has 0 spiro atoms. The fourth-order valence-electron chi connectivity index (χ4n) is 2.31. The largest absolute Gasteiger partial charge is 0.481 e. The van der Waals surface area contributed by atoms with Crippen LogP contribution in [-0.4, -0.2) is 82.3 Å². The van der Waals surface area contributed by atoms with Crippen molar-refractivity contribution in [1.82, 2.24) is 16.0 Å². The number of carboxylic acid groups (broad SMARTS) is 2.